The monoisotopic (exact) mass is 302 g/mol. The van der Waals surface area contributed by atoms with Crippen molar-refractivity contribution in [2.24, 2.45) is 0 Å². The first-order valence-electron chi connectivity index (χ1n) is 8.54. The van der Waals surface area contributed by atoms with Crippen molar-refractivity contribution in [2.75, 3.05) is 0 Å². The Morgan fingerprint density at radius 2 is 1.90 bits per heavy atom. The van der Waals surface area contributed by atoms with Crippen molar-refractivity contribution in [3.05, 3.63) is 28.6 Å². The van der Waals surface area contributed by atoms with E-state index in [2.05, 4.69) is 13.0 Å². The lowest BCUT2D eigenvalue weighted by Crippen LogP contribution is -2.00. The second kappa shape index (κ2) is 6.83. The number of phenolic OH excluding ortho intramolecular Hbond substituents is 1. The first kappa shape index (κ1) is 14.9. The number of hydrogen-bond acceptors (Lipinski definition) is 2. The molecule has 3 rings (SSSR count). The van der Waals surface area contributed by atoms with Gasteiger partial charge in [0, 0.05) is 9.58 Å². The zero-order chi connectivity index (χ0) is 14.7. The Hall–Kier alpha value is -1.02. The molecule has 21 heavy (non-hydrogen) atoms. The molecule has 1 aromatic carbocycles. The highest BCUT2D eigenvalue weighted by atomic mass is 32.1. The molecule has 1 nitrogen and oxygen atoms in total. The van der Waals surface area contributed by atoms with E-state index in [0.29, 0.717) is 5.75 Å². The van der Waals surface area contributed by atoms with E-state index in [-0.39, 0.29) is 0 Å². The third kappa shape index (κ3) is 3.26. The number of aryl methyl sites for hydroxylation is 1. The third-order valence-electron chi connectivity index (χ3n) is 4.81. The van der Waals surface area contributed by atoms with Crippen molar-refractivity contribution >= 4 is 21.4 Å². The molecular weight excluding hydrogens is 276 g/mol. The molecule has 0 spiro atoms. The van der Waals surface area contributed by atoms with Gasteiger partial charge >= 0.3 is 0 Å². The van der Waals surface area contributed by atoms with Crippen LogP contribution in [-0.2, 0) is 6.42 Å². The van der Waals surface area contributed by atoms with Gasteiger partial charge in [0.05, 0.1) is 0 Å². The number of unbranched alkanes of at least 4 members (excludes halogenated alkanes) is 1. The summed E-state index contributed by atoms with van der Waals surface area (Å²) >= 11 is 1.92. The summed E-state index contributed by atoms with van der Waals surface area (Å²) < 4.78 is 1.28. The SMILES string of the molecule is CCCCc1sc2cc(O)ccc2c1C1CCCCCC1. The Kier molecular flexibility index (Phi) is 4.84. The maximum Gasteiger partial charge on any atom is 0.117 e. The number of benzene rings is 1. The highest BCUT2D eigenvalue weighted by Gasteiger charge is 2.22. The molecule has 2 aromatic rings. The Bertz CT molecular complexity index is 591. The molecule has 2 heteroatoms. The van der Waals surface area contributed by atoms with Crippen molar-refractivity contribution in [1.29, 1.82) is 0 Å². The first-order valence-corrected chi connectivity index (χ1v) is 9.35. The van der Waals surface area contributed by atoms with Crippen LogP contribution in [0.15, 0.2) is 18.2 Å². The topological polar surface area (TPSA) is 20.2 Å². The number of fused-ring (bicyclic) bond motifs is 1. The summed E-state index contributed by atoms with van der Waals surface area (Å²) in [5.41, 5.74) is 1.63. The summed E-state index contributed by atoms with van der Waals surface area (Å²) in [6.45, 7) is 2.27. The average molecular weight is 302 g/mol. The van der Waals surface area contributed by atoms with Gasteiger partial charge in [-0.1, -0.05) is 39.0 Å². The highest BCUT2D eigenvalue weighted by Crippen LogP contribution is 2.43. The predicted octanol–water partition coefficient (Wildman–Crippen LogP) is 6.39. The van der Waals surface area contributed by atoms with E-state index in [9.17, 15) is 5.11 Å². The van der Waals surface area contributed by atoms with Crippen LogP contribution in [0.4, 0.5) is 0 Å². The fraction of sp³-hybridized carbons (Fsp3) is 0.579. The summed E-state index contributed by atoms with van der Waals surface area (Å²) in [7, 11) is 0. The van der Waals surface area contributed by atoms with Gasteiger partial charge in [-0.2, -0.15) is 0 Å². The van der Waals surface area contributed by atoms with Crippen LogP contribution in [0, 0.1) is 0 Å². The fourth-order valence-electron chi connectivity index (χ4n) is 3.69. The maximum absolute atomic E-state index is 9.77. The average Bonchev–Trinajstić information content (AvgIpc) is 2.65. The number of thiophene rings is 1. The molecule has 1 fully saturated rings. The molecule has 0 unspecified atom stereocenters. The van der Waals surface area contributed by atoms with E-state index in [0.717, 1.165) is 5.92 Å². The maximum atomic E-state index is 9.77. The van der Waals surface area contributed by atoms with Crippen LogP contribution in [0.25, 0.3) is 10.1 Å². The van der Waals surface area contributed by atoms with Gasteiger partial charge in [-0.05, 0) is 60.7 Å². The molecule has 0 radical (unpaired) electrons. The zero-order valence-corrected chi connectivity index (χ0v) is 13.8. The lowest BCUT2D eigenvalue weighted by molar-refractivity contribution is 0.476. The van der Waals surface area contributed by atoms with Crippen LogP contribution in [0.2, 0.25) is 0 Å². The van der Waals surface area contributed by atoms with Crippen molar-refractivity contribution in [2.45, 2.75) is 70.6 Å². The molecular formula is C19H26OS. The Labute approximate surface area is 132 Å². The molecule has 0 amide bonds. The van der Waals surface area contributed by atoms with Crippen molar-refractivity contribution in [1.82, 2.24) is 0 Å². The molecule has 0 aliphatic heterocycles. The lowest BCUT2D eigenvalue weighted by Gasteiger charge is -2.16. The fourth-order valence-corrected chi connectivity index (χ4v) is 5.06. The van der Waals surface area contributed by atoms with Gasteiger partial charge in [0.15, 0.2) is 0 Å². The largest absolute Gasteiger partial charge is 0.508 e. The van der Waals surface area contributed by atoms with E-state index >= 15 is 0 Å². The third-order valence-corrected chi connectivity index (χ3v) is 6.04. The number of aromatic hydroxyl groups is 1. The highest BCUT2D eigenvalue weighted by molar-refractivity contribution is 7.19. The van der Waals surface area contributed by atoms with Crippen LogP contribution in [0.1, 0.15) is 74.6 Å². The van der Waals surface area contributed by atoms with Crippen LogP contribution in [0.5, 0.6) is 5.75 Å². The Morgan fingerprint density at radius 1 is 1.14 bits per heavy atom. The number of phenols is 1. The first-order chi connectivity index (χ1) is 10.3. The normalized spacial score (nSPS) is 17.2. The standard InChI is InChI=1S/C19H26OS/c1-2-3-10-17-19(14-8-6-4-5-7-9-14)16-12-11-15(20)13-18(16)21-17/h11-14,20H,2-10H2,1H3. The Balaban J connectivity index is 2.03. The van der Waals surface area contributed by atoms with Crippen LogP contribution in [-0.4, -0.2) is 5.11 Å². The van der Waals surface area contributed by atoms with Crippen molar-refractivity contribution in [3.8, 4) is 5.75 Å². The van der Waals surface area contributed by atoms with Crippen LogP contribution < -0.4 is 0 Å². The van der Waals surface area contributed by atoms with Crippen molar-refractivity contribution in [3.63, 3.8) is 0 Å². The minimum absolute atomic E-state index is 0.401. The van der Waals surface area contributed by atoms with E-state index in [4.69, 9.17) is 0 Å². The molecule has 0 atom stereocenters. The molecule has 114 valence electrons. The second-order valence-corrected chi connectivity index (χ2v) is 7.55. The second-order valence-electron chi connectivity index (χ2n) is 6.41. The Morgan fingerprint density at radius 3 is 2.62 bits per heavy atom. The van der Waals surface area contributed by atoms with Crippen molar-refractivity contribution < 1.29 is 5.11 Å². The molecule has 0 bridgehead atoms. The van der Waals surface area contributed by atoms with Gasteiger partial charge in [-0.15, -0.1) is 11.3 Å². The van der Waals surface area contributed by atoms with Gasteiger partial charge in [-0.3, -0.25) is 0 Å². The molecule has 1 aliphatic carbocycles. The van der Waals surface area contributed by atoms with Gasteiger partial charge < -0.3 is 5.11 Å². The minimum atomic E-state index is 0.401. The molecule has 0 saturated heterocycles. The molecule has 1 saturated carbocycles. The van der Waals surface area contributed by atoms with Gasteiger partial charge in [-0.25, -0.2) is 0 Å². The summed E-state index contributed by atoms with van der Waals surface area (Å²) in [5.74, 6) is 1.15. The number of hydrogen-bond donors (Lipinski definition) is 1. The van der Waals surface area contributed by atoms with Crippen LogP contribution >= 0.6 is 11.3 Å². The number of rotatable bonds is 4. The van der Waals surface area contributed by atoms with E-state index in [1.165, 1.54) is 67.9 Å². The van der Waals surface area contributed by atoms with E-state index in [1.807, 2.05) is 23.5 Å². The predicted molar refractivity (Wildman–Crippen MR) is 92.5 cm³/mol. The summed E-state index contributed by atoms with van der Waals surface area (Å²) in [6.07, 6.45) is 12.0. The molecule has 1 aliphatic rings. The molecule has 1 aromatic heterocycles. The molecule has 1 N–H and O–H groups in total. The minimum Gasteiger partial charge on any atom is -0.508 e. The smallest absolute Gasteiger partial charge is 0.117 e. The zero-order valence-electron chi connectivity index (χ0n) is 13.0. The van der Waals surface area contributed by atoms with E-state index < -0.39 is 0 Å². The van der Waals surface area contributed by atoms with Gasteiger partial charge in [0.25, 0.3) is 0 Å². The lowest BCUT2D eigenvalue weighted by atomic mass is 9.88. The summed E-state index contributed by atoms with van der Waals surface area (Å²) in [5, 5.41) is 11.2. The quantitative estimate of drug-likeness (QED) is 0.649. The summed E-state index contributed by atoms with van der Waals surface area (Å²) in [4.78, 5) is 1.59. The molecule has 1 heterocycles. The van der Waals surface area contributed by atoms with Gasteiger partial charge in [0.1, 0.15) is 5.75 Å². The van der Waals surface area contributed by atoms with Gasteiger partial charge in [0.2, 0.25) is 0 Å². The summed E-state index contributed by atoms with van der Waals surface area (Å²) in [6, 6.07) is 5.96. The van der Waals surface area contributed by atoms with E-state index in [1.54, 1.807) is 10.4 Å². The van der Waals surface area contributed by atoms with Crippen LogP contribution in [0.3, 0.4) is 0 Å².